The number of aromatic nitrogens is 1. The van der Waals surface area contributed by atoms with Gasteiger partial charge in [0.1, 0.15) is 0 Å². The number of rotatable bonds is 11. The van der Waals surface area contributed by atoms with Crippen LogP contribution in [0.4, 0.5) is 17.1 Å². The fourth-order valence-corrected chi connectivity index (χ4v) is 16.1. The van der Waals surface area contributed by atoms with Crippen molar-refractivity contribution in [2.24, 2.45) is 0 Å². The third kappa shape index (κ3) is 7.84. The van der Waals surface area contributed by atoms with E-state index in [4.69, 9.17) is 0 Å². The molecule has 0 aliphatic rings. The number of hydrogen-bond donors (Lipinski definition) is 0. The van der Waals surface area contributed by atoms with Crippen LogP contribution in [0.5, 0.6) is 0 Å². The Morgan fingerprint density at radius 3 is 1.42 bits per heavy atom. The number of fused-ring (bicyclic) bond motifs is 4. The van der Waals surface area contributed by atoms with Gasteiger partial charge in [-0.15, -0.1) is 0 Å². The molecule has 344 valence electrons. The van der Waals surface area contributed by atoms with E-state index in [2.05, 4.69) is 313 Å². The normalized spacial score (nSPS) is 11.6. The van der Waals surface area contributed by atoms with Gasteiger partial charge in [-0.05, 0) is 138 Å². The van der Waals surface area contributed by atoms with Crippen molar-refractivity contribution in [2.45, 2.75) is 0 Å². The van der Waals surface area contributed by atoms with Gasteiger partial charge < -0.3 is 9.47 Å². The molecule has 0 saturated carbocycles. The summed E-state index contributed by atoms with van der Waals surface area (Å²) in [5, 5.41) is 10.4. The van der Waals surface area contributed by atoms with Crippen LogP contribution in [0.25, 0.3) is 71.6 Å². The Balaban J connectivity index is 0.957. The summed E-state index contributed by atoms with van der Waals surface area (Å²) in [7, 11) is -2.75. The summed E-state index contributed by atoms with van der Waals surface area (Å²) in [6.07, 6.45) is 0. The zero-order valence-electron chi connectivity index (χ0n) is 40.3. The molecule has 73 heavy (non-hydrogen) atoms. The molecule has 2 nitrogen and oxygen atoms in total. The summed E-state index contributed by atoms with van der Waals surface area (Å²) in [4.78, 5) is 2.42. The zero-order chi connectivity index (χ0) is 48.6. The number of para-hydroxylation sites is 2. The highest BCUT2D eigenvalue weighted by Crippen LogP contribution is 2.42. The van der Waals surface area contributed by atoms with Gasteiger partial charge in [0.25, 0.3) is 0 Å². The maximum absolute atomic E-state index is 2.75. The van der Waals surface area contributed by atoms with E-state index in [-0.39, 0.29) is 0 Å². The lowest BCUT2D eigenvalue weighted by atomic mass is 9.97. The van der Waals surface area contributed by atoms with Gasteiger partial charge in [0.15, 0.2) is 8.07 Å². The summed E-state index contributed by atoms with van der Waals surface area (Å²) in [5.74, 6) is 0. The lowest BCUT2D eigenvalue weighted by Gasteiger charge is -2.35. The van der Waals surface area contributed by atoms with E-state index < -0.39 is 8.07 Å². The Morgan fingerprint density at radius 1 is 0.274 bits per heavy atom. The van der Waals surface area contributed by atoms with Gasteiger partial charge in [0, 0.05) is 33.5 Å². The topological polar surface area (TPSA) is 8.17 Å². The number of benzene rings is 12. The van der Waals surface area contributed by atoms with Crippen LogP contribution in [0.15, 0.2) is 303 Å². The van der Waals surface area contributed by atoms with E-state index in [1.54, 1.807) is 0 Å². The van der Waals surface area contributed by atoms with Crippen molar-refractivity contribution >= 4 is 78.5 Å². The van der Waals surface area contributed by atoms with Crippen LogP contribution in [0, 0.1) is 0 Å². The molecule has 0 aliphatic carbocycles. The summed E-state index contributed by atoms with van der Waals surface area (Å²) in [6.45, 7) is 0. The molecule has 0 saturated heterocycles. The second-order valence-corrected chi connectivity index (χ2v) is 22.7. The average Bonchev–Trinajstić information content (AvgIpc) is 3.82. The summed E-state index contributed by atoms with van der Waals surface area (Å²) in [5.41, 5.74) is 13.9. The molecule has 0 amide bonds. The van der Waals surface area contributed by atoms with Crippen molar-refractivity contribution in [1.82, 2.24) is 4.57 Å². The standard InChI is InChI=1S/C70H50N2Si/c1-5-25-58(26-6-1)72-68-36-16-15-34-67(68)70-66(35-19-37-69(70)72)57-24-18-27-61(50-57)71(59-42-40-52(41-43-59)54-22-17-23-55(48-54)56-39-38-51-20-13-14-21-53(51)49-56)60-44-46-65(47-45-60)73(62-28-7-2-8-29-62,63-30-9-3-10-31-63)64-32-11-4-12-33-64/h1-50H. The minimum absolute atomic E-state index is 1.08. The van der Waals surface area contributed by atoms with Crippen LogP contribution in [-0.4, -0.2) is 12.6 Å². The van der Waals surface area contributed by atoms with Crippen molar-refractivity contribution in [2.75, 3.05) is 4.90 Å². The molecular formula is C70H50N2Si. The van der Waals surface area contributed by atoms with Crippen molar-refractivity contribution in [3.8, 4) is 39.1 Å². The molecule has 0 spiro atoms. The van der Waals surface area contributed by atoms with Crippen molar-refractivity contribution in [3.63, 3.8) is 0 Å². The third-order valence-corrected chi connectivity index (χ3v) is 19.5. The first-order valence-electron chi connectivity index (χ1n) is 25.2. The maximum atomic E-state index is 2.42. The molecule has 1 heterocycles. The Morgan fingerprint density at radius 2 is 0.753 bits per heavy atom. The van der Waals surface area contributed by atoms with Crippen LogP contribution in [0.3, 0.4) is 0 Å². The van der Waals surface area contributed by atoms with Crippen molar-refractivity contribution in [1.29, 1.82) is 0 Å². The Labute approximate surface area is 428 Å². The molecule has 0 bridgehead atoms. The van der Waals surface area contributed by atoms with E-state index >= 15 is 0 Å². The third-order valence-electron chi connectivity index (χ3n) is 14.7. The number of nitrogens with zero attached hydrogens (tertiary/aromatic N) is 2. The van der Waals surface area contributed by atoms with E-state index in [1.807, 2.05) is 0 Å². The minimum atomic E-state index is -2.75. The molecular weight excluding hydrogens is 897 g/mol. The molecule has 3 heteroatoms. The van der Waals surface area contributed by atoms with Gasteiger partial charge in [-0.2, -0.15) is 0 Å². The molecule has 13 aromatic rings. The van der Waals surface area contributed by atoms with Gasteiger partial charge in [-0.25, -0.2) is 0 Å². The number of hydrogen-bond acceptors (Lipinski definition) is 1. The quantitative estimate of drug-likeness (QED) is 0.0926. The second-order valence-electron chi connectivity index (χ2n) is 18.9. The molecule has 0 aliphatic heterocycles. The first-order valence-corrected chi connectivity index (χ1v) is 27.2. The van der Waals surface area contributed by atoms with Crippen LogP contribution >= 0.6 is 0 Å². The molecule has 1 aromatic heterocycles. The van der Waals surface area contributed by atoms with Crippen LogP contribution in [0.2, 0.25) is 0 Å². The predicted molar refractivity (Wildman–Crippen MR) is 313 cm³/mol. The number of anilines is 3. The van der Waals surface area contributed by atoms with Crippen molar-refractivity contribution in [3.05, 3.63) is 303 Å². The predicted octanol–water partition coefficient (Wildman–Crippen LogP) is 15.8. The molecule has 0 N–H and O–H groups in total. The minimum Gasteiger partial charge on any atom is -0.310 e. The summed E-state index contributed by atoms with van der Waals surface area (Å²) < 4.78 is 2.40. The highest BCUT2D eigenvalue weighted by molar-refractivity contribution is 7.19. The maximum Gasteiger partial charge on any atom is 0.179 e. The summed E-state index contributed by atoms with van der Waals surface area (Å²) >= 11 is 0. The SMILES string of the molecule is c1ccc(-n2c3ccccc3c3c(-c4cccc(N(c5ccc(-c6cccc(-c7ccc8ccccc8c7)c6)cc5)c5ccc([Si](c6ccccc6)(c6ccccc6)c6ccccc6)cc5)c4)cccc32)cc1. The smallest absolute Gasteiger partial charge is 0.179 e. The average molecular weight is 947 g/mol. The largest absolute Gasteiger partial charge is 0.310 e. The van der Waals surface area contributed by atoms with Crippen LogP contribution in [0.1, 0.15) is 0 Å². The van der Waals surface area contributed by atoms with E-state index in [0.29, 0.717) is 0 Å². The fourth-order valence-electron chi connectivity index (χ4n) is 11.3. The van der Waals surface area contributed by atoms with Gasteiger partial charge >= 0.3 is 0 Å². The molecule has 0 fully saturated rings. The monoisotopic (exact) mass is 946 g/mol. The van der Waals surface area contributed by atoms with Crippen molar-refractivity contribution < 1.29 is 0 Å². The van der Waals surface area contributed by atoms with E-state index in [9.17, 15) is 0 Å². The first-order chi connectivity index (χ1) is 36.2. The zero-order valence-corrected chi connectivity index (χ0v) is 41.3. The Bertz CT molecular complexity index is 3960. The lowest BCUT2D eigenvalue weighted by molar-refractivity contribution is 1.18. The molecule has 13 rings (SSSR count). The highest BCUT2D eigenvalue weighted by atomic mass is 28.3. The van der Waals surface area contributed by atoms with Crippen LogP contribution in [-0.2, 0) is 0 Å². The van der Waals surface area contributed by atoms with Gasteiger partial charge in [-0.3, -0.25) is 0 Å². The van der Waals surface area contributed by atoms with Gasteiger partial charge in [0.05, 0.1) is 11.0 Å². The Hall–Kier alpha value is -9.28. The van der Waals surface area contributed by atoms with Gasteiger partial charge in [0.2, 0.25) is 0 Å². The van der Waals surface area contributed by atoms with E-state index in [1.165, 1.54) is 81.1 Å². The summed E-state index contributed by atoms with van der Waals surface area (Å²) in [6, 6.07) is 112. The molecule has 12 aromatic carbocycles. The second kappa shape index (κ2) is 18.8. The van der Waals surface area contributed by atoms with Crippen LogP contribution < -0.4 is 25.6 Å². The molecule has 0 radical (unpaired) electrons. The first kappa shape index (κ1) is 43.7. The van der Waals surface area contributed by atoms with Gasteiger partial charge in [-0.1, -0.05) is 231 Å². The highest BCUT2D eigenvalue weighted by Gasteiger charge is 2.41. The van der Waals surface area contributed by atoms with E-state index in [0.717, 1.165) is 28.3 Å². The Kier molecular flexibility index (Phi) is 11.3. The molecule has 0 atom stereocenters. The fraction of sp³-hybridized carbons (Fsp3) is 0. The molecule has 0 unspecified atom stereocenters. The lowest BCUT2D eigenvalue weighted by Crippen LogP contribution is -2.74.